The zero-order valence-electron chi connectivity index (χ0n) is 18.7. The first-order valence-corrected chi connectivity index (χ1v) is 11.3. The summed E-state index contributed by atoms with van der Waals surface area (Å²) in [6.45, 7) is 5.80. The van der Waals surface area contributed by atoms with Gasteiger partial charge in [-0.15, -0.1) is 11.3 Å². The van der Waals surface area contributed by atoms with Crippen LogP contribution >= 0.6 is 11.3 Å². The molecule has 3 aromatic rings. The minimum Gasteiger partial charge on any atom is -0.489 e. The zero-order chi connectivity index (χ0) is 23.8. The van der Waals surface area contributed by atoms with Crippen LogP contribution in [0.4, 0.5) is 5.00 Å². The van der Waals surface area contributed by atoms with Gasteiger partial charge in [-0.25, -0.2) is 9.59 Å². The number of ether oxygens (including phenoxy) is 3. The van der Waals surface area contributed by atoms with E-state index in [1.165, 1.54) is 0 Å². The van der Waals surface area contributed by atoms with E-state index >= 15 is 0 Å². The van der Waals surface area contributed by atoms with Gasteiger partial charge in [0.25, 0.3) is 5.91 Å². The smallest absolute Gasteiger partial charge is 0.348 e. The van der Waals surface area contributed by atoms with Crippen molar-refractivity contribution in [1.29, 1.82) is 0 Å². The Labute approximate surface area is 196 Å². The molecule has 0 saturated heterocycles. The number of benzene rings is 2. The van der Waals surface area contributed by atoms with Crippen LogP contribution in [0.5, 0.6) is 5.75 Å². The van der Waals surface area contributed by atoms with E-state index < -0.39 is 17.8 Å². The third-order valence-corrected chi connectivity index (χ3v) is 5.87. The Morgan fingerprint density at radius 3 is 2.15 bits per heavy atom. The lowest BCUT2D eigenvalue weighted by Gasteiger charge is -2.09. The van der Waals surface area contributed by atoms with Gasteiger partial charge in [0.15, 0.2) is 0 Å². The Kier molecular flexibility index (Phi) is 8.21. The summed E-state index contributed by atoms with van der Waals surface area (Å²) in [6, 6.07) is 16.4. The summed E-state index contributed by atoms with van der Waals surface area (Å²) in [5.74, 6) is -0.960. The van der Waals surface area contributed by atoms with Crippen LogP contribution in [-0.2, 0) is 16.1 Å². The van der Waals surface area contributed by atoms with Gasteiger partial charge in [0.1, 0.15) is 22.2 Å². The number of esters is 2. The van der Waals surface area contributed by atoms with Gasteiger partial charge >= 0.3 is 11.9 Å². The first-order valence-electron chi connectivity index (χ1n) is 10.5. The lowest BCUT2D eigenvalue weighted by Crippen LogP contribution is -2.15. The molecule has 3 rings (SSSR count). The molecule has 0 radical (unpaired) electrons. The van der Waals surface area contributed by atoms with Gasteiger partial charge in [0.2, 0.25) is 0 Å². The monoisotopic (exact) mass is 467 g/mol. The SMILES string of the molecule is CCOC(=O)c1sc(NC(=O)c2ccc(OCc3ccccc3)cc2)c(C(=O)OCC)c1C. The van der Waals surface area contributed by atoms with Crippen LogP contribution in [-0.4, -0.2) is 31.1 Å². The molecule has 0 aliphatic rings. The largest absolute Gasteiger partial charge is 0.489 e. The molecule has 0 bridgehead atoms. The first kappa shape index (κ1) is 24.0. The predicted molar refractivity (Wildman–Crippen MR) is 126 cm³/mol. The summed E-state index contributed by atoms with van der Waals surface area (Å²) in [6.07, 6.45) is 0. The number of thiophene rings is 1. The fourth-order valence-electron chi connectivity index (χ4n) is 3.06. The molecule has 1 heterocycles. The zero-order valence-corrected chi connectivity index (χ0v) is 19.5. The number of nitrogens with one attached hydrogen (secondary N) is 1. The molecule has 7 nitrogen and oxygen atoms in total. The normalized spacial score (nSPS) is 10.4. The van der Waals surface area contributed by atoms with Crippen molar-refractivity contribution in [3.63, 3.8) is 0 Å². The molecular weight excluding hydrogens is 442 g/mol. The lowest BCUT2D eigenvalue weighted by atomic mass is 10.1. The number of hydrogen-bond donors (Lipinski definition) is 1. The van der Waals surface area contributed by atoms with Crippen molar-refractivity contribution in [3.05, 3.63) is 81.7 Å². The molecule has 0 atom stereocenters. The van der Waals surface area contributed by atoms with Gasteiger partial charge < -0.3 is 19.5 Å². The summed E-state index contributed by atoms with van der Waals surface area (Å²) < 4.78 is 15.9. The van der Waals surface area contributed by atoms with Crippen molar-refractivity contribution in [2.24, 2.45) is 0 Å². The van der Waals surface area contributed by atoms with E-state index in [9.17, 15) is 14.4 Å². The van der Waals surface area contributed by atoms with Crippen LogP contribution in [0.2, 0.25) is 0 Å². The van der Waals surface area contributed by atoms with Gasteiger partial charge in [-0.05, 0) is 56.2 Å². The number of hydrogen-bond acceptors (Lipinski definition) is 7. The molecular formula is C25H25NO6S. The van der Waals surface area contributed by atoms with E-state index in [-0.39, 0.29) is 28.7 Å². The standard InChI is InChI=1S/C25H25NO6S/c1-4-30-24(28)20-16(3)21(25(29)31-5-2)33-23(20)26-22(27)18-11-13-19(14-12-18)32-15-17-9-7-6-8-10-17/h6-14H,4-5,15H2,1-3H3,(H,26,27). The van der Waals surface area contributed by atoms with Gasteiger partial charge in [-0.3, -0.25) is 4.79 Å². The van der Waals surface area contributed by atoms with Gasteiger partial charge in [0, 0.05) is 5.56 Å². The van der Waals surface area contributed by atoms with Gasteiger partial charge in [-0.2, -0.15) is 0 Å². The average molecular weight is 468 g/mol. The minimum absolute atomic E-state index is 0.154. The maximum Gasteiger partial charge on any atom is 0.348 e. The molecule has 0 fully saturated rings. The number of amides is 1. The predicted octanol–water partition coefficient (Wildman–Crippen LogP) is 5.24. The number of carbonyl (C=O) groups excluding carboxylic acids is 3. The van der Waals surface area contributed by atoms with Crippen molar-refractivity contribution >= 4 is 34.2 Å². The Morgan fingerprint density at radius 2 is 1.52 bits per heavy atom. The third kappa shape index (κ3) is 5.98. The molecule has 33 heavy (non-hydrogen) atoms. The highest BCUT2D eigenvalue weighted by molar-refractivity contribution is 7.18. The van der Waals surface area contributed by atoms with E-state index in [0.29, 0.717) is 23.5 Å². The van der Waals surface area contributed by atoms with Crippen molar-refractivity contribution in [3.8, 4) is 5.75 Å². The maximum absolute atomic E-state index is 12.8. The second-order valence-electron chi connectivity index (χ2n) is 6.95. The van der Waals surface area contributed by atoms with Crippen LogP contribution in [0.25, 0.3) is 0 Å². The molecule has 2 aromatic carbocycles. The van der Waals surface area contributed by atoms with Gasteiger partial charge in [-0.1, -0.05) is 30.3 Å². The molecule has 1 aromatic heterocycles. The highest BCUT2D eigenvalue weighted by atomic mass is 32.1. The van der Waals surface area contributed by atoms with Crippen LogP contribution in [0.15, 0.2) is 54.6 Å². The average Bonchev–Trinajstić information content (AvgIpc) is 3.14. The Hall–Kier alpha value is -3.65. The van der Waals surface area contributed by atoms with Crippen molar-refractivity contribution < 1.29 is 28.6 Å². The molecule has 1 amide bonds. The fourth-order valence-corrected chi connectivity index (χ4v) is 4.14. The molecule has 0 aliphatic carbocycles. The van der Waals surface area contributed by atoms with Crippen molar-refractivity contribution in [2.75, 3.05) is 18.5 Å². The number of anilines is 1. The minimum atomic E-state index is -0.609. The molecule has 1 N–H and O–H groups in total. The van der Waals surface area contributed by atoms with Crippen molar-refractivity contribution in [1.82, 2.24) is 0 Å². The van der Waals surface area contributed by atoms with Crippen LogP contribution < -0.4 is 10.1 Å². The summed E-state index contributed by atoms with van der Waals surface area (Å²) in [7, 11) is 0. The van der Waals surface area contributed by atoms with Crippen LogP contribution in [0.1, 0.15) is 55.4 Å². The Bertz CT molecular complexity index is 1120. The lowest BCUT2D eigenvalue weighted by molar-refractivity contribution is 0.0527. The molecule has 172 valence electrons. The van der Waals surface area contributed by atoms with E-state index in [1.807, 2.05) is 30.3 Å². The summed E-state index contributed by atoms with van der Waals surface area (Å²) >= 11 is 0.988. The molecule has 8 heteroatoms. The van der Waals surface area contributed by atoms with E-state index in [1.54, 1.807) is 45.0 Å². The molecule has 0 spiro atoms. The van der Waals surface area contributed by atoms with Crippen molar-refractivity contribution in [2.45, 2.75) is 27.4 Å². The van der Waals surface area contributed by atoms with E-state index in [4.69, 9.17) is 14.2 Å². The van der Waals surface area contributed by atoms with Crippen LogP contribution in [0.3, 0.4) is 0 Å². The molecule has 0 unspecified atom stereocenters. The summed E-state index contributed by atoms with van der Waals surface area (Å²) in [5.41, 5.74) is 1.98. The highest BCUT2D eigenvalue weighted by Gasteiger charge is 2.27. The highest BCUT2D eigenvalue weighted by Crippen LogP contribution is 2.34. The second kappa shape index (κ2) is 11.3. The molecule has 0 saturated carbocycles. The summed E-state index contributed by atoms with van der Waals surface area (Å²) in [5, 5.41) is 2.97. The van der Waals surface area contributed by atoms with E-state index in [2.05, 4.69) is 5.32 Å². The second-order valence-corrected chi connectivity index (χ2v) is 7.97. The Balaban J connectivity index is 1.76. The summed E-state index contributed by atoms with van der Waals surface area (Å²) in [4.78, 5) is 37.9. The fraction of sp³-hybridized carbons (Fsp3) is 0.240. The van der Waals surface area contributed by atoms with Crippen LogP contribution in [0, 0.1) is 6.92 Å². The maximum atomic E-state index is 12.8. The van der Waals surface area contributed by atoms with E-state index in [0.717, 1.165) is 16.9 Å². The Morgan fingerprint density at radius 1 is 0.879 bits per heavy atom. The first-order chi connectivity index (χ1) is 15.9. The quantitative estimate of drug-likeness (QED) is 0.433. The topological polar surface area (TPSA) is 90.9 Å². The third-order valence-electron chi connectivity index (χ3n) is 4.68. The number of carbonyl (C=O) groups is 3. The van der Waals surface area contributed by atoms with Gasteiger partial charge in [0.05, 0.1) is 18.8 Å². The number of rotatable bonds is 9. The molecule has 0 aliphatic heterocycles.